The number of ether oxygens (including phenoxy) is 2. The smallest absolute Gasteiger partial charge is 0.323 e. The molecular weight excluding hydrogens is 422 g/mol. The summed E-state index contributed by atoms with van der Waals surface area (Å²) in [6.07, 6.45) is 13.1. The predicted octanol–water partition coefficient (Wildman–Crippen LogP) is 4.22. The van der Waals surface area contributed by atoms with Crippen molar-refractivity contribution in [2.24, 2.45) is 5.92 Å². The van der Waals surface area contributed by atoms with Crippen LogP contribution in [-0.4, -0.2) is 51.6 Å². The van der Waals surface area contributed by atoms with Gasteiger partial charge in [0.15, 0.2) is 0 Å². The predicted molar refractivity (Wildman–Crippen MR) is 123 cm³/mol. The monoisotopic (exact) mass is 449 g/mol. The normalized spacial score (nSPS) is 26.1. The number of carbonyl (C=O) groups is 2. The Morgan fingerprint density at radius 3 is 2.67 bits per heavy atom. The first-order chi connectivity index (χ1) is 14.2. The number of carboxylic acid groups (broad SMARTS) is 1. The third kappa shape index (κ3) is 5.50. The average molecular weight is 450 g/mol. The number of carbonyl (C=O) groups excluding carboxylic acids is 1. The maximum Gasteiger partial charge on any atom is 0.323 e. The number of allylic oxidation sites excluding steroid dienone is 7. The van der Waals surface area contributed by atoms with Crippen LogP contribution in [0.3, 0.4) is 0 Å². The third-order valence-corrected chi connectivity index (χ3v) is 6.31. The fourth-order valence-electron chi connectivity index (χ4n) is 3.22. The van der Waals surface area contributed by atoms with E-state index in [9.17, 15) is 9.59 Å². The molecule has 162 valence electrons. The Labute approximate surface area is 187 Å². The molecule has 1 fully saturated rings. The van der Waals surface area contributed by atoms with Crippen molar-refractivity contribution in [3.05, 3.63) is 58.8 Å². The van der Waals surface area contributed by atoms with Gasteiger partial charge in [0.2, 0.25) is 0 Å². The molecule has 2 unspecified atom stereocenters. The van der Waals surface area contributed by atoms with Crippen molar-refractivity contribution in [1.29, 1.82) is 0 Å². The fraction of sp³-hybridized carbons (Fsp3) is 0.409. The Hall–Kier alpha value is -2.16. The van der Waals surface area contributed by atoms with Crippen LogP contribution in [0.1, 0.15) is 27.7 Å². The van der Waals surface area contributed by atoms with Gasteiger partial charge in [-0.3, -0.25) is 14.5 Å². The van der Waals surface area contributed by atoms with Crippen molar-refractivity contribution in [3.63, 3.8) is 0 Å². The van der Waals surface area contributed by atoms with Crippen LogP contribution in [0.4, 0.5) is 0 Å². The highest BCUT2D eigenvalue weighted by atomic mass is 32.2. The second-order valence-electron chi connectivity index (χ2n) is 6.82. The van der Waals surface area contributed by atoms with Crippen molar-refractivity contribution in [2.75, 3.05) is 19.8 Å². The molecule has 1 aliphatic heterocycles. The zero-order chi connectivity index (χ0) is 22.3. The van der Waals surface area contributed by atoms with Crippen molar-refractivity contribution in [1.82, 2.24) is 4.90 Å². The van der Waals surface area contributed by atoms with Crippen LogP contribution in [0, 0.1) is 5.92 Å². The second-order valence-corrected chi connectivity index (χ2v) is 8.50. The summed E-state index contributed by atoms with van der Waals surface area (Å²) in [5.74, 6) is -0.552. The summed E-state index contributed by atoms with van der Waals surface area (Å²) in [5.41, 5.74) is 0.577. The topological polar surface area (TPSA) is 76.1 Å². The van der Waals surface area contributed by atoms with Gasteiger partial charge >= 0.3 is 5.97 Å². The van der Waals surface area contributed by atoms with Gasteiger partial charge in [0.1, 0.15) is 22.2 Å². The summed E-state index contributed by atoms with van der Waals surface area (Å²) in [7, 11) is 0. The van der Waals surface area contributed by atoms with Crippen LogP contribution in [0.25, 0.3) is 0 Å². The first-order valence-electron chi connectivity index (χ1n) is 9.74. The Balaban J connectivity index is 2.08. The maximum atomic E-state index is 12.2. The zero-order valence-electron chi connectivity index (χ0n) is 17.6. The van der Waals surface area contributed by atoms with Gasteiger partial charge in [-0.15, -0.1) is 0 Å². The van der Waals surface area contributed by atoms with E-state index in [-0.39, 0.29) is 16.1 Å². The fourth-order valence-corrected chi connectivity index (χ4v) is 4.42. The van der Waals surface area contributed by atoms with E-state index in [1.807, 2.05) is 51.2 Å². The van der Waals surface area contributed by atoms with Gasteiger partial charge in [0, 0.05) is 12.5 Å². The molecule has 0 spiro atoms. The van der Waals surface area contributed by atoms with E-state index in [1.165, 1.54) is 0 Å². The first-order valence-corrected chi connectivity index (χ1v) is 11.0. The minimum absolute atomic E-state index is 0.0981. The van der Waals surface area contributed by atoms with Gasteiger partial charge in [-0.2, -0.15) is 0 Å². The highest BCUT2D eigenvalue weighted by molar-refractivity contribution is 8.26. The van der Waals surface area contributed by atoms with E-state index in [0.29, 0.717) is 18.1 Å². The lowest BCUT2D eigenvalue weighted by atomic mass is 9.79. The molecule has 2 rings (SSSR count). The molecule has 1 N–H and O–H groups in total. The highest BCUT2D eigenvalue weighted by Gasteiger charge is 2.40. The van der Waals surface area contributed by atoms with E-state index in [2.05, 4.69) is 6.92 Å². The van der Waals surface area contributed by atoms with Crippen LogP contribution in [-0.2, 0) is 19.1 Å². The number of nitrogens with zero attached hydrogens (tertiary/aromatic N) is 1. The molecule has 0 aromatic heterocycles. The number of thioether (sulfide) groups is 1. The van der Waals surface area contributed by atoms with Gasteiger partial charge in [-0.25, -0.2) is 0 Å². The Bertz CT molecular complexity index is 856. The van der Waals surface area contributed by atoms with E-state index in [0.717, 1.165) is 28.0 Å². The molecule has 1 amide bonds. The van der Waals surface area contributed by atoms with Crippen LogP contribution in [0.2, 0.25) is 0 Å². The summed E-state index contributed by atoms with van der Waals surface area (Å²) in [6, 6.07) is 0. The van der Waals surface area contributed by atoms with E-state index < -0.39 is 18.1 Å². The second kappa shape index (κ2) is 10.7. The third-order valence-electron chi connectivity index (χ3n) is 4.91. The first kappa shape index (κ1) is 24.1. The number of thiocarbonyl (C=S) groups is 1. The Morgan fingerprint density at radius 1 is 1.30 bits per heavy atom. The summed E-state index contributed by atoms with van der Waals surface area (Å²) in [4.78, 5) is 24.5. The van der Waals surface area contributed by atoms with Crippen molar-refractivity contribution in [2.45, 2.75) is 33.3 Å². The van der Waals surface area contributed by atoms with Crippen LogP contribution < -0.4 is 0 Å². The lowest BCUT2D eigenvalue weighted by molar-refractivity contribution is -0.140. The molecule has 1 heterocycles. The summed E-state index contributed by atoms with van der Waals surface area (Å²) >= 11 is 6.18. The Kier molecular flexibility index (Phi) is 8.64. The summed E-state index contributed by atoms with van der Waals surface area (Å²) in [6.45, 7) is 8.82. The van der Waals surface area contributed by atoms with Gasteiger partial charge in [0.05, 0.1) is 11.5 Å². The average Bonchev–Trinajstić information content (AvgIpc) is 2.94. The molecule has 30 heavy (non-hydrogen) atoms. The number of carboxylic acids is 1. The molecule has 2 aliphatic rings. The number of hydrogen-bond acceptors (Lipinski definition) is 6. The molecule has 6 nitrogen and oxygen atoms in total. The molecule has 2 atom stereocenters. The number of rotatable bonds is 9. The summed E-state index contributed by atoms with van der Waals surface area (Å²) in [5, 5.41) is 8.87. The van der Waals surface area contributed by atoms with Crippen molar-refractivity contribution in [3.8, 4) is 0 Å². The minimum atomic E-state index is -1.10. The molecule has 1 aliphatic carbocycles. The quantitative estimate of drug-likeness (QED) is 0.321. The van der Waals surface area contributed by atoms with Crippen LogP contribution in [0.5, 0.6) is 0 Å². The van der Waals surface area contributed by atoms with Crippen molar-refractivity contribution < 1.29 is 24.2 Å². The zero-order valence-corrected chi connectivity index (χ0v) is 19.2. The Morgan fingerprint density at radius 2 is 2.03 bits per heavy atom. The van der Waals surface area contributed by atoms with Gasteiger partial charge in [-0.05, 0) is 38.5 Å². The number of amides is 1. The molecule has 0 bridgehead atoms. The van der Waals surface area contributed by atoms with E-state index in [4.69, 9.17) is 26.8 Å². The molecular formula is C22H27NO5S2. The van der Waals surface area contributed by atoms with Gasteiger partial charge in [0.25, 0.3) is 5.91 Å². The molecule has 1 saturated heterocycles. The summed E-state index contributed by atoms with van der Waals surface area (Å²) < 4.78 is 12.1. The number of aliphatic carboxylic acids is 1. The van der Waals surface area contributed by atoms with Crippen LogP contribution in [0.15, 0.2) is 58.8 Å². The van der Waals surface area contributed by atoms with Crippen molar-refractivity contribution >= 4 is 40.2 Å². The number of hydrogen-bond donors (Lipinski definition) is 1. The standard InChI is InChI=1S/C22H27NO5S2/c1-5-27-18-13-12-16(15(3)22(18,4)28-6-2)10-8-7-9-11-17-20(26)23(14-19(24)25)21(29)30-17/h7-13,15H,5-6,14H2,1-4H3,(H,24,25)/b9-7+,10-8+,17-11+. The van der Waals surface area contributed by atoms with Gasteiger partial charge < -0.3 is 14.6 Å². The largest absolute Gasteiger partial charge is 0.495 e. The van der Waals surface area contributed by atoms with Crippen LogP contribution >= 0.6 is 24.0 Å². The molecule has 0 saturated carbocycles. The maximum absolute atomic E-state index is 12.2. The lowest BCUT2D eigenvalue weighted by Crippen LogP contribution is -2.41. The molecule has 0 radical (unpaired) electrons. The lowest BCUT2D eigenvalue weighted by Gasteiger charge is -2.39. The SMILES string of the molecule is CCOC1=CC=C(/C=C/C=C/C=C2/SC(=S)N(CC(=O)O)C2=O)C(C)C1(C)OCC. The van der Waals surface area contributed by atoms with E-state index in [1.54, 1.807) is 12.2 Å². The molecule has 0 aromatic carbocycles. The highest BCUT2D eigenvalue weighted by Crippen LogP contribution is 2.39. The van der Waals surface area contributed by atoms with E-state index >= 15 is 0 Å². The molecule has 8 heteroatoms. The van der Waals surface area contributed by atoms with Gasteiger partial charge in [-0.1, -0.05) is 61.3 Å². The minimum Gasteiger partial charge on any atom is -0.495 e. The molecule has 0 aromatic rings.